The second-order valence-electron chi connectivity index (χ2n) is 5.36. The van der Waals surface area contributed by atoms with Crippen molar-refractivity contribution in [1.29, 1.82) is 0 Å². The van der Waals surface area contributed by atoms with Gasteiger partial charge in [0.1, 0.15) is 6.04 Å². The molecule has 1 aliphatic heterocycles. The van der Waals surface area contributed by atoms with E-state index in [-0.39, 0.29) is 17.8 Å². The summed E-state index contributed by atoms with van der Waals surface area (Å²) >= 11 is 3.52. The minimum atomic E-state index is -0.501. The molecular formula is C15H16BrNO3. The Bertz CT molecular complexity index is 568. The van der Waals surface area contributed by atoms with Gasteiger partial charge in [0.05, 0.1) is 7.11 Å². The van der Waals surface area contributed by atoms with E-state index in [1.165, 1.54) is 7.11 Å². The minimum Gasteiger partial charge on any atom is -0.467 e. The van der Waals surface area contributed by atoms with Crippen LogP contribution in [0.3, 0.4) is 0 Å². The Morgan fingerprint density at radius 1 is 1.35 bits per heavy atom. The predicted molar refractivity (Wildman–Crippen MR) is 76.9 cm³/mol. The van der Waals surface area contributed by atoms with Gasteiger partial charge in [-0.05, 0) is 30.0 Å². The molecule has 20 heavy (non-hydrogen) atoms. The molecule has 0 aromatic heterocycles. The summed E-state index contributed by atoms with van der Waals surface area (Å²) in [7, 11) is 1.37. The van der Waals surface area contributed by atoms with E-state index in [4.69, 9.17) is 4.74 Å². The van der Waals surface area contributed by atoms with Crippen molar-refractivity contribution in [3.63, 3.8) is 0 Å². The van der Waals surface area contributed by atoms with E-state index in [2.05, 4.69) is 15.9 Å². The molecule has 1 unspecified atom stereocenters. The van der Waals surface area contributed by atoms with Gasteiger partial charge in [0.25, 0.3) is 0 Å². The highest BCUT2D eigenvalue weighted by atomic mass is 79.9. The van der Waals surface area contributed by atoms with Gasteiger partial charge in [-0.2, -0.15) is 0 Å². The number of esters is 1. The largest absolute Gasteiger partial charge is 0.467 e. The Morgan fingerprint density at radius 3 is 2.75 bits per heavy atom. The molecule has 106 valence electrons. The number of carbonyl (C=O) groups is 2. The number of fused-ring (bicyclic) bond motifs is 1. The molecule has 1 atom stereocenters. The van der Waals surface area contributed by atoms with Gasteiger partial charge >= 0.3 is 5.97 Å². The molecule has 0 N–H and O–H groups in total. The average Bonchev–Trinajstić information content (AvgIpc) is 3.29. The molecule has 5 heteroatoms. The van der Waals surface area contributed by atoms with E-state index in [0.717, 1.165) is 28.4 Å². The number of nitrogens with zero attached hydrogens (tertiary/aromatic N) is 1. The molecule has 4 nitrogen and oxygen atoms in total. The van der Waals surface area contributed by atoms with Crippen molar-refractivity contribution >= 4 is 27.8 Å². The van der Waals surface area contributed by atoms with Gasteiger partial charge < -0.3 is 9.64 Å². The van der Waals surface area contributed by atoms with E-state index in [9.17, 15) is 9.59 Å². The Labute approximate surface area is 126 Å². The number of ether oxygens (including phenoxy) is 1. The van der Waals surface area contributed by atoms with Crippen LogP contribution in [-0.4, -0.2) is 29.9 Å². The third-order valence-electron chi connectivity index (χ3n) is 4.01. The summed E-state index contributed by atoms with van der Waals surface area (Å²) in [5.41, 5.74) is 2.20. The Morgan fingerprint density at radius 2 is 2.10 bits per heavy atom. The summed E-state index contributed by atoms with van der Waals surface area (Å²) in [6.45, 7) is 0.490. The average molecular weight is 338 g/mol. The molecule has 0 saturated heterocycles. The lowest BCUT2D eigenvalue weighted by atomic mass is 9.93. The molecule has 0 radical (unpaired) electrons. The molecule has 3 rings (SSSR count). The normalized spacial score (nSPS) is 21.3. The second-order valence-corrected chi connectivity index (χ2v) is 6.22. The Balaban J connectivity index is 1.95. The maximum absolute atomic E-state index is 12.4. The van der Waals surface area contributed by atoms with Gasteiger partial charge in [0.15, 0.2) is 0 Å². The van der Waals surface area contributed by atoms with Crippen LogP contribution in [0, 0.1) is 5.92 Å². The number of rotatable bonds is 2. The Kier molecular flexibility index (Phi) is 3.54. The molecule has 1 amide bonds. The molecule has 1 heterocycles. The van der Waals surface area contributed by atoms with E-state index in [1.807, 2.05) is 18.2 Å². The fourth-order valence-electron chi connectivity index (χ4n) is 2.72. The van der Waals surface area contributed by atoms with Gasteiger partial charge in [-0.3, -0.25) is 4.79 Å². The maximum Gasteiger partial charge on any atom is 0.328 e. The van der Waals surface area contributed by atoms with Gasteiger partial charge in [-0.15, -0.1) is 0 Å². The van der Waals surface area contributed by atoms with Crippen LogP contribution in [0.25, 0.3) is 0 Å². The van der Waals surface area contributed by atoms with E-state index >= 15 is 0 Å². The van der Waals surface area contributed by atoms with Gasteiger partial charge in [-0.25, -0.2) is 4.79 Å². The van der Waals surface area contributed by atoms with Crippen molar-refractivity contribution in [3.05, 3.63) is 33.8 Å². The molecule has 2 aliphatic rings. The van der Waals surface area contributed by atoms with Crippen LogP contribution in [0.5, 0.6) is 0 Å². The van der Waals surface area contributed by atoms with Crippen LogP contribution in [0.15, 0.2) is 22.7 Å². The number of benzene rings is 1. The number of halogens is 1. The minimum absolute atomic E-state index is 0.0889. The quantitative estimate of drug-likeness (QED) is 0.778. The van der Waals surface area contributed by atoms with Crippen LogP contribution in [0.2, 0.25) is 0 Å². The van der Waals surface area contributed by atoms with Crippen LogP contribution in [0.1, 0.15) is 24.0 Å². The molecule has 1 aliphatic carbocycles. The zero-order valence-electron chi connectivity index (χ0n) is 11.3. The molecular weight excluding hydrogens is 322 g/mol. The van der Waals surface area contributed by atoms with Crippen LogP contribution < -0.4 is 0 Å². The molecule has 1 saturated carbocycles. The van der Waals surface area contributed by atoms with Gasteiger partial charge in [0.2, 0.25) is 5.91 Å². The molecule has 0 spiro atoms. The molecule has 1 aromatic carbocycles. The summed E-state index contributed by atoms with van der Waals surface area (Å²) in [4.78, 5) is 26.1. The maximum atomic E-state index is 12.4. The molecule has 0 bridgehead atoms. The number of amides is 1. The summed E-state index contributed by atoms with van der Waals surface area (Å²) in [6.07, 6.45) is 2.39. The lowest BCUT2D eigenvalue weighted by Gasteiger charge is -2.35. The van der Waals surface area contributed by atoms with Crippen LogP contribution >= 0.6 is 15.9 Å². The van der Waals surface area contributed by atoms with Crippen molar-refractivity contribution in [3.8, 4) is 0 Å². The summed E-state index contributed by atoms with van der Waals surface area (Å²) in [6, 6.07) is 5.44. The first-order valence-electron chi connectivity index (χ1n) is 6.76. The SMILES string of the molecule is COC(=O)C1Cc2c(Br)cccc2CN1C(=O)C1CC1. The number of carbonyl (C=O) groups excluding carboxylic acids is 2. The summed E-state index contributed by atoms with van der Waals surface area (Å²) in [5.74, 6) is -0.137. The summed E-state index contributed by atoms with van der Waals surface area (Å²) in [5, 5.41) is 0. The monoisotopic (exact) mass is 337 g/mol. The third kappa shape index (κ3) is 2.35. The topological polar surface area (TPSA) is 46.6 Å². The van der Waals surface area contributed by atoms with Crippen molar-refractivity contribution in [1.82, 2.24) is 4.90 Å². The first-order valence-corrected chi connectivity index (χ1v) is 7.55. The second kappa shape index (κ2) is 5.20. The van der Waals surface area contributed by atoms with Gasteiger partial charge in [0, 0.05) is 23.4 Å². The van der Waals surface area contributed by atoms with Crippen LogP contribution in [0.4, 0.5) is 0 Å². The van der Waals surface area contributed by atoms with Crippen molar-refractivity contribution in [2.45, 2.75) is 31.8 Å². The summed E-state index contributed by atoms with van der Waals surface area (Å²) < 4.78 is 5.87. The highest BCUT2D eigenvalue weighted by Crippen LogP contribution is 2.36. The zero-order chi connectivity index (χ0) is 14.3. The van der Waals surface area contributed by atoms with Crippen molar-refractivity contribution in [2.75, 3.05) is 7.11 Å². The first kappa shape index (κ1) is 13.6. The number of methoxy groups -OCH3 is 1. The van der Waals surface area contributed by atoms with E-state index in [0.29, 0.717) is 13.0 Å². The third-order valence-corrected chi connectivity index (χ3v) is 4.76. The standard InChI is InChI=1S/C15H16BrNO3/c1-20-15(19)13-7-11-10(3-2-4-12(11)16)8-17(13)14(18)9-5-6-9/h2-4,9,13H,5-8H2,1H3. The zero-order valence-corrected chi connectivity index (χ0v) is 12.9. The number of hydrogen-bond acceptors (Lipinski definition) is 3. The Hall–Kier alpha value is -1.36. The molecule has 1 aromatic rings. The van der Waals surface area contributed by atoms with E-state index < -0.39 is 6.04 Å². The first-order chi connectivity index (χ1) is 9.61. The lowest BCUT2D eigenvalue weighted by Crippen LogP contribution is -2.49. The van der Waals surface area contributed by atoms with Gasteiger partial charge in [-0.1, -0.05) is 28.1 Å². The highest BCUT2D eigenvalue weighted by Gasteiger charge is 2.41. The fourth-order valence-corrected chi connectivity index (χ4v) is 3.29. The number of hydrogen-bond donors (Lipinski definition) is 0. The predicted octanol–water partition coefficient (Wildman–Crippen LogP) is 2.29. The van der Waals surface area contributed by atoms with Crippen molar-refractivity contribution in [2.24, 2.45) is 5.92 Å². The molecule has 1 fully saturated rings. The van der Waals surface area contributed by atoms with E-state index in [1.54, 1.807) is 4.90 Å². The highest BCUT2D eigenvalue weighted by molar-refractivity contribution is 9.10. The fraction of sp³-hybridized carbons (Fsp3) is 0.467. The van der Waals surface area contributed by atoms with Crippen molar-refractivity contribution < 1.29 is 14.3 Å². The van der Waals surface area contributed by atoms with Crippen LogP contribution in [-0.2, 0) is 27.3 Å². The lowest BCUT2D eigenvalue weighted by molar-refractivity contribution is -0.154. The smallest absolute Gasteiger partial charge is 0.328 e.